The van der Waals surface area contributed by atoms with Gasteiger partial charge >= 0.3 is 0 Å². The lowest BCUT2D eigenvalue weighted by molar-refractivity contribution is 0.0846. The summed E-state index contributed by atoms with van der Waals surface area (Å²) in [5.74, 6) is -1.72. The van der Waals surface area contributed by atoms with Crippen LogP contribution >= 0.6 is 0 Å². The molecule has 0 radical (unpaired) electrons. The van der Waals surface area contributed by atoms with Crippen LogP contribution < -0.4 is 5.32 Å². The second-order valence-corrected chi connectivity index (χ2v) is 5.26. The molecule has 6 heteroatoms. The third-order valence-corrected chi connectivity index (χ3v) is 3.86. The first kappa shape index (κ1) is 15.7. The molecule has 5 nitrogen and oxygen atoms in total. The average molecular weight is 296 g/mol. The van der Waals surface area contributed by atoms with Gasteiger partial charge in [0.15, 0.2) is 0 Å². The number of phenolic OH excluding ortho intramolecular Hbond substituents is 1. The molecule has 3 N–H and O–H groups in total. The Bertz CT molecular complexity index is 476. The van der Waals surface area contributed by atoms with Gasteiger partial charge in [-0.25, -0.2) is 4.39 Å². The maximum atomic E-state index is 13.5. The van der Waals surface area contributed by atoms with Gasteiger partial charge in [-0.05, 0) is 31.5 Å². The molecule has 1 unspecified atom stereocenters. The van der Waals surface area contributed by atoms with E-state index in [1.807, 2.05) is 0 Å². The number of aliphatic hydroxyl groups excluding tert-OH is 1. The average Bonchev–Trinajstić information content (AvgIpc) is 2.47. The minimum atomic E-state index is -0.737. The molecule has 1 aromatic carbocycles. The van der Waals surface area contributed by atoms with Crippen LogP contribution in [0.1, 0.15) is 29.6 Å². The van der Waals surface area contributed by atoms with Gasteiger partial charge in [0.1, 0.15) is 17.1 Å². The molecule has 1 aliphatic heterocycles. The third-order valence-electron chi connectivity index (χ3n) is 3.86. The van der Waals surface area contributed by atoms with E-state index in [9.17, 15) is 19.4 Å². The highest BCUT2D eigenvalue weighted by Crippen LogP contribution is 2.19. The van der Waals surface area contributed by atoms with Gasteiger partial charge in [0.25, 0.3) is 5.91 Å². The topological polar surface area (TPSA) is 72.8 Å². The number of nitrogens with zero attached hydrogens (tertiary/aromatic N) is 1. The number of rotatable bonds is 5. The van der Waals surface area contributed by atoms with Crippen molar-refractivity contribution in [2.45, 2.75) is 25.3 Å². The maximum absolute atomic E-state index is 13.5. The van der Waals surface area contributed by atoms with Gasteiger partial charge in [0.2, 0.25) is 0 Å². The number of hydrogen-bond acceptors (Lipinski definition) is 4. The molecule has 0 aliphatic carbocycles. The number of carbonyl (C=O) groups excluding carboxylic acids is 1. The molecular weight excluding hydrogens is 275 g/mol. The largest absolute Gasteiger partial charge is 0.507 e. The van der Waals surface area contributed by atoms with E-state index in [1.165, 1.54) is 12.1 Å². The van der Waals surface area contributed by atoms with Gasteiger partial charge in [-0.3, -0.25) is 9.69 Å². The van der Waals surface area contributed by atoms with E-state index in [-0.39, 0.29) is 24.0 Å². The van der Waals surface area contributed by atoms with Crippen LogP contribution in [0.2, 0.25) is 0 Å². The Morgan fingerprint density at radius 3 is 2.95 bits per heavy atom. The smallest absolute Gasteiger partial charge is 0.258 e. The number of amides is 1. The fourth-order valence-electron chi connectivity index (χ4n) is 2.70. The van der Waals surface area contributed by atoms with Gasteiger partial charge in [0.05, 0.1) is 6.61 Å². The van der Waals surface area contributed by atoms with Crippen molar-refractivity contribution in [1.29, 1.82) is 0 Å². The fourth-order valence-corrected chi connectivity index (χ4v) is 2.70. The molecule has 1 aliphatic rings. The van der Waals surface area contributed by atoms with Gasteiger partial charge in [-0.1, -0.05) is 12.5 Å². The summed E-state index contributed by atoms with van der Waals surface area (Å²) in [5.41, 5.74) is -0.324. The predicted molar refractivity (Wildman–Crippen MR) is 76.7 cm³/mol. The molecule has 2 rings (SSSR count). The summed E-state index contributed by atoms with van der Waals surface area (Å²) in [4.78, 5) is 14.0. The molecule has 1 amide bonds. The predicted octanol–water partition coefficient (Wildman–Crippen LogP) is 1.11. The monoisotopic (exact) mass is 296 g/mol. The number of carbonyl (C=O) groups is 1. The first-order valence-electron chi connectivity index (χ1n) is 7.24. The zero-order valence-electron chi connectivity index (χ0n) is 11.9. The maximum Gasteiger partial charge on any atom is 0.258 e. The molecule has 1 atom stereocenters. The molecule has 116 valence electrons. The van der Waals surface area contributed by atoms with Crippen molar-refractivity contribution < 1.29 is 19.4 Å². The molecule has 0 bridgehead atoms. The number of halogens is 1. The Morgan fingerprint density at radius 1 is 1.43 bits per heavy atom. The minimum Gasteiger partial charge on any atom is -0.507 e. The van der Waals surface area contributed by atoms with E-state index in [2.05, 4.69) is 10.2 Å². The quantitative estimate of drug-likeness (QED) is 0.761. The van der Waals surface area contributed by atoms with Crippen molar-refractivity contribution in [3.05, 3.63) is 29.6 Å². The van der Waals surface area contributed by atoms with Crippen LogP contribution in [0.3, 0.4) is 0 Å². The van der Waals surface area contributed by atoms with E-state index >= 15 is 0 Å². The van der Waals surface area contributed by atoms with E-state index < -0.39 is 11.7 Å². The van der Waals surface area contributed by atoms with Crippen LogP contribution in [-0.4, -0.2) is 53.3 Å². The number of phenols is 1. The van der Waals surface area contributed by atoms with Crippen molar-refractivity contribution in [3.8, 4) is 5.75 Å². The number of aromatic hydroxyl groups is 1. The summed E-state index contributed by atoms with van der Waals surface area (Å²) in [6.45, 7) is 1.96. The summed E-state index contributed by atoms with van der Waals surface area (Å²) in [5, 5.41) is 21.5. The summed E-state index contributed by atoms with van der Waals surface area (Å²) in [6.07, 6.45) is 3.15. The minimum absolute atomic E-state index is 0.113. The van der Waals surface area contributed by atoms with E-state index in [0.29, 0.717) is 13.1 Å². The Morgan fingerprint density at radius 2 is 2.24 bits per heavy atom. The molecule has 21 heavy (non-hydrogen) atoms. The SMILES string of the molecule is O=C(NCCN1CCCCC1CO)c1c(O)cccc1F. The van der Waals surface area contributed by atoms with Gasteiger partial charge in [0, 0.05) is 19.1 Å². The van der Waals surface area contributed by atoms with Crippen molar-refractivity contribution in [2.24, 2.45) is 0 Å². The summed E-state index contributed by atoms with van der Waals surface area (Å²) in [6, 6.07) is 3.91. The molecule has 1 fully saturated rings. The van der Waals surface area contributed by atoms with Crippen molar-refractivity contribution >= 4 is 5.91 Å². The highest BCUT2D eigenvalue weighted by molar-refractivity contribution is 5.97. The zero-order valence-corrected chi connectivity index (χ0v) is 11.9. The van der Waals surface area contributed by atoms with Gasteiger partial charge in [-0.2, -0.15) is 0 Å². The Labute approximate surface area is 123 Å². The number of benzene rings is 1. The second-order valence-electron chi connectivity index (χ2n) is 5.26. The van der Waals surface area contributed by atoms with E-state index in [4.69, 9.17) is 0 Å². The highest BCUT2D eigenvalue weighted by atomic mass is 19.1. The fraction of sp³-hybridized carbons (Fsp3) is 0.533. The molecular formula is C15H21FN2O3. The van der Waals surface area contributed by atoms with E-state index in [0.717, 1.165) is 31.9 Å². The summed E-state index contributed by atoms with van der Waals surface area (Å²) >= 11 is 0. The lowest BCUT2D eigenvalue weighted by Crippen LogP contribution is -2.45. The van der Waals surface area contributed by atoms with E-state index in [1.54, 1.807) is 0 Å². The summed E-state index contributed by atoms with van der Waals surface area (Å²) in [7, 11) is 0. The third kappa shape index (κ3) is 3.92. The normalized spacial score (nSPS) is 19.4. The lowest BCUT2D eigenvalue weighted by atomic mass is 10.0. The first-order chi connectivity index (χ1) is 10.1. The second kappa shape index (κ2) is 7.38. The molecule has 1 saturated heterocycles. The molecule has 1 heterocycles. The van der Waals surface area contributed by atoms with Crippen LogP contribution in [-0.2, 0) is 0 Å². The van der Waals surface area contributed by atoms with Crippen molar-refractivity contribution in [2.75, 3.05) is 26.2 Å². The van der Waals surface area contributed by atoms with Crippen LogP contribution in [0.5, 0.6) is 5.75 Å². The zero-order chi connectivity index (χ0) is 15.2. The van der Waals surface area contributed by atoms with Gasteiger partial charge < -0.3 is 15.5 Å². The van der Waals surface area contributed by atoms with Crippen molar-refractivity contribution in [3.63, 3.8) is 0 Å². The van der Waals surface area contributed by atoms with Gasteiger partial charge in [-0.15, -0.1) is 0 Å². The lowest BCUT2D eigenvalue weighted by Gasteiger charge is -2.34. The summed E-state index contributed by atoms with van der Waals surface area (Å²) < 4.78 is 13.5. The molecule has 0 saturated carbocycles. The molecule has 0 aromatic heterocycles. The Hall–Kier alpha value is -1.66. The number of nitrogens with one attached hydrogen (secondary N) is 1. The van der Waals surface area contributed by atoms with Crippen LogP contribution in [0, 0.1) is 5.82 Å². The van der Waals surface area contributed by atoms with Crippen LogP contribution in [0.4, 0.5) is 4.39 Å². The first-order valence-corrected chi connectivity index (χ1v) is 7.24. The number of aliphatic hydroxyl groups is 1. The Kier molecular flexibility index (Phi) is 5.52. The number of piperidine rings is 1. The van der Waals surface area contributed by atoms with Crippen molar-refractivity contribution in [1.82, 2.24) is 10.2 Å². The standard InChI is InChI=1S/C15H21FN2O3/c16-12-5-3-6-13(20)14(12)15(21)17-7-9-18-8-2-1-4-11(18)10-19/h3,5-6,11,19-20H,1-2,4,7-10H2,(H,17,21). The number of likely N-dealkylation sites (tertiary alicyclic amines) is 1. The molecule has 1 aromatic rings. The molecule has 0 spiro atoms. The van der Waals surface area contributed by atoms with Crippen LogP contribution in [0.15, 0.2) is 18.2 Å². The number of hydrogen-bond donors (Lipinski definition) is 3. The highest BCUT2D eigenvalue weighted by Gasteiger charge is 2.22. The Balaban J connectivity index is 1.87. The van der Waals surface area contributed by atoms with Crippen LogP contribution in [0.25, 0.3) is 0 Å².